The minimum atomic E-state index is -0.438. The number of hydrogen-bond acceptors (Lipinski definition) is 4. The summed E-state index contributed by atoms with van der Waals surface area (Å²) in [6.45, 7) is 2.96. The summed E-state index contributed by atoms with van der Waals surface area (Å²) in [6, 6.07) is 14.3. The highest BCUT2D eigenvalue weighted by molar-refractivity contribution is 5.95. The Morgan fingerprint density at radius 2 is 1.56 bits per heavy atom. The van der Waals surface area contributed by atoms with Gasteiger partial charge in [0.1, 0.15) is 5.75 Å². The molecule has 0 aromatic heterocycles. The zero-order chi connectivity index (χ0) is 19.6. The zero-order valence-electron chi connectivity index (χ0n) is 15.4. The molecule has 0 bridgehead atoms. The molecule has 2 aromatic rings. The van der Waals surface area contributed by atoms with Gasteiger partial charge in [0.15, 0.2) is 6.61 Å². The lowest BCUT2D eigenvalue weighted by atomic mass is 10.1. The lowest BCUT2D eigenvalue weighted by molar-refractivity contribution is -0.125. The van der Waals surface area contributed by atoms with Crippen molar-refractivity contribution in [1.82, 2.24) is 5.32 Å². The molecule has 142 valence electrons. The van der Waals surface area contributed by atoms with E-state index in [1.165, 1.54) is 6.92 Å². The number of anilines is 2. The van der Waals surface area contributed by atoms with Gasteiger partial charge in [-0.1, -0.05) is 37.3 Å². The number of benzene rings is 2. The van der Waals surface area contributed by atoms with Gasteiger partial charge in [-0.2, -0.15) is 0 Å². The Hall–Kier alpha value is -3.35. The molecular weight excluding hydrogens is 346 g/mol. The molecule has 7 heteroatoms. The van der Waals surface area contributed by atoms with Crippen molar-refractivity contribution in [2.24, 2.45) is 0 Å². The van der Waals surface area contributed by atoms with Crippen LogP contribution in [0.1, 0.15) is 19.4 Å². The molecular formula is C20H23N3O4. The van der Waals surface area contributed by atoms with Crippen LogP contribution in [0.25, 0.3) is 0 Å². The Labute approximate surface area is 158 Å². The molecule has 0 saturated carbocycles. The molecule has 0 spiro atoms. The smallest absolute Gasteiger partial charge is 0.258 e. The van der Waals surface area contributed by atoms with Gasteiger partial charge in [0.2, 0.25) is 11.8 Å². The molecule has 27 heavy (non-hydrogen) atoms. The van der Waals surface area contributed by atoms with Gasteiger partial charge in [-0.3, -0.25) is 14.4 Å². The first kappa shape index (κ1) is 20.0. The normalized spacial score (nSPS) is 10.0. The van der Waals surface area contributed by atoms with E-state index in [-0.39, 0.29) is 25.0 Å². The molecule has 0 unspecified atom stereocenters. The molecule has 2 aromatic carbocycles. The quantitative estimate of drug-likeness (QED) is 0.665. The van der Waals surface area contributed by atoms with E-state index >= 15 is 0 Å². The van der Waals surface area contributed by atoms with Crippen LogP contribution in [-0.2, 0) is 20.8 Å². The summed E-state index contributed by atoms with van der Waals surface area (Å²) in [6.07, 6.45) is 0.796. The first-order valence-electron chi connectivity index (χ1n) is 8.63. The van der Waals surface area contributed by atoms with Crippen molar-refractivity contribution >= 4 is 29.1 Å². The molecule has 3 N–H and O–H groups in total. The summed E-state index contributed by atoms with van der Waals surface area (Å²) in [4.78, 5) is 35.1. The number of aryl methyl sites for hydroxylation is 1. The summed E-state index contributed by atoms with van der Waals surface area (Å²) >= 11 is 0. The maximum absolute atomic E-state index is 12.0. The van der Waals surface area contributed by atoms with Gasteiger partial charge in [-0.05, 0) is 30.2 Å². The summed E-state index contributed by atoms with van der Waals surface area (Å²) < 4.78 is 5.43. The third kappa shape index (κ3) is 6.47. The fraction of sp³-hybridized carbons (Fsp3) is 0.250. The van der Waals surface area contributed by atoms with Crippen molar-refractivity contribution in [2.75, 3.05) is 23.8 Å². The molecule has 0 fully saturated rings. The van der Waals surface area contributed by atoms with Crippen molar-refractivity contribution in [1.29, 1.82) is 0 Å². The Morgan fingerprint density at radius 1 is 0.889 bits per heavy atom. The first-order chi connectivity index (χ1) is 13.0. The van der Waals surface area contributed by atoms with Crippen LogP contribution < -0.4 is 20.7 Å². The first-order valence-corrected chi connectivity index (χ1v) is 8.63. The highest BCUT2D eigenvalue weighted by Gasteiger charge is 2.10. The van der Waals surface area contributed by atoms with Crippen molar-refractivity contribution in [3.63, 3.8) is 0 Å². The van der Waals surface area contributed by atoms with Crippen LogP contribution in [0.4, 0.5) is 11.4 Å². The lowest BCUT2D eigenvalue weighted by Gasteiger charge is -2.12. The van der Waals surface area contributed by atoms with Crippen LogP contribution >= 0.6 is 0 Å². The summed E-state index contributed by atoms with van der Waals surface area (Å²) in [5.41, 5.74) is 2.24. The third-order valence-electron chi connectivity index (χ3n) is 3.67. The van der Waals surface area contributed by atoms with E-state index in [0.29, 0.717) is 11.4 Å². The van der Waals surface area contributed by atoms with E-state index in [1.54, 1.807) is 24.3 Å². The number of para-hydroxylation sites is 3. The summed E-state index contributed by atoms with van der Waals surface area (Å²) in [5.74, 6) is -0.613. The summed E-state index contributed by atoms with van der Waals surface area (Å²) in [5, 5.41) is 7.91. The molecule has 0 saturated heterocycles. The van der Waals surface area contributed by atoms with Gasteiger partial charge in [0, 0.05) is 12.6 Å². The Balaban J connectivity index is 1.81. The van der Waals surface area contributed by atoms with Crippen LogP contribution in [0, 0.1) is 0 Å². The number of ether oxygens (including phenoxy) is 1. The second kappa shape index (κ2) is 9.96. The van der Waals surface area contributed by atoms with Crippen LogP contribution in [0.3, 0.4) is 0 Å². The average Bonchev–Trinajstić information content (AvgIpc) is 2.65. The fourth-order valence-electron chi connectivity index (χ4n) is 2.40. The van der Waals surface area contributed by atoms with Crippen molar-refractivity contribution in [3.8, 4) is 5.75 Å². The van der Waals surface area contributed by atoms with Crippen molar-refractivity contribution in [3.05, 3.63) is 54.1 Å². The van der Waals surface area contributed by atoms with Crippen molar-refractivity contribution < 1.29 is 19.1 Å². The average molecular weight is 369 g/mol. The van der Waals surface area contributed by atoms with Gasteiger partial charge < -0.3 is 20.7 Å². The van der Waals surface area contributed by atoms with Crippen LogP contribution in [-0.4, -0.2) is 30.9 Å². The topological polar surface area (TPSA) is 96.5 Å². The second-order valence-electron chi connectivity index (χ2n) is 5.80. The van der Waals surface area contributed by atoms with E-state index in [4.69, 9.17) is 4.74 Å². The van der Waals surface area contributed by atoms with Gasteiger partial charge >= 0.3 is 0 Å². The van der Waals surface area contributed by atoms with E-state index in [0.717, 1.165) is 17.7 Å². The maximum Gasteiger partial charge on any atom is 0.258 e. The zero-order valence-corrected chi connectivity index (χ0v) is 15.4. The van der Waals surface area contributed by atoms with Gasteiger partial charge in [0.05, 0.1) is 12.2 Å². The number of amides is 3. The Bertz CT molecular complexity index is 820. The highest BCUT2D eigenvalue weighted by atomic mass is 16.5. The molecule has 0 atom stereocenters. The van der Waals surface area contributed by atoms with Crippen LogP contribution in [0.15, 0.2) is 48.5 Å². The SMILES string of the molecule is CCc1ccccc1NC(=O)CNC(=O)COc1ccccc1NC(C)=O. The molecule has 0 heterocycles. The Morgan fingerprint density at radius 3 is 2.26 bits per heavy atom. The molecule has 7 nitrogen and oxygen atoms in total. The number of carbonyl (C=O) groups excluding carboxylic acids is 3. The minimum Gasteiger partial charge on any atom is -0.482 e. The molecule has 2 rings (SSSR count). The van der Waals surface area contributed by atoms with E-state index in [9.17, 15) is 14.4 Å². The van der Waals surface area contributed by atoms with Gasteiger partial charge in [-0.25, -0.2) is 0 Å². The van der Waals surface area contributed by atoms with E-state index < -0.39 is 5.91 Å². The molecule has 3 amide bonds. The van der Waals surface area contributed by atoms with Gasteiger partial charge in [-0.15, -0.1) is 0 Å². The molecule has 0 aliphatic heterocycles. The summed E-state index contributed by atoms with van der Waals surface area (Å²) in [7, 11) is 0. The Kier molecular flexibility index (Phi) is 7.37. The van der Waals surface area contributed by atoms with Gasteiger partial charge in [0.25, 0.3) is 5.91 Å². The van der Waals surface area contributed by atoms with Crippen molar-refractivity contribution in [2.45, 2.75) is 20.3 Å². The standard InChI is InChI=1S/C20H23N3O4/c1-3-15-8-4-5-9-16(15)23-19(25)12-21-20(26)13-27-18-11-7-6-10-17(18)22-14(2)24/h4-11H,3,12-13H2,1-2H3,(H,21,26)(H,22,24)(H,23,25). The number of rotatable bonds is 8. The van der Waals surface area contributed by atoms with Crippen LogP contribution in [0.5, 0.6) is 5.75 Å². The van der Waals surface area contributed by atoms with E-state index in [1.807, 2.05) is 31.2 Å². The molecule has 0 radical (unpaired) electrons. The second-order valence-corrected chi connectivity index (χ2v) is 5.80. The maximum atomic E-state index is 12.0. The molecule has 0 aliphatic rings. The van der Waals surface area contributed by atoms with E-state index in [2.05, 4.69) is 16.0 Å². The van der Waals surface area contributed by atoms with Crippen LogP contribution in [0.2, 0.25) is 0 Å². The predicted molar refractivity (Wildman–Crippen MR) is 104 cm³/mol. The number of nitrogens with one attached hydrogen (secondary N) is 3. The number of hydrogen-bond donors (Lipinski definition) is 3. The minimum absolute atomic E-state index is 0.159. The number of carbonyl (C=O) groups is 3. The predicted octanol–water partition coefficient (Wildman–Crippen LogP) is 2.34. The fourth-order valence-corrected chi connectivity index (χ4v) is 2.40. The lowest BCUT2D eigenvalue weighted by Crippen LogP contribution is -2.36. The largest absolute Gasteiger partial charge is 0.482 e. The highest BCUT2D eigenvalue weighted by Crippen LogP contribution is 2.23. The third-order valence-corrected chi connectivity index (χ3v) is 3.67. The monoisotopic (exact) mass is 369 g/mol. The molecule has 0 aliphatic carbocycles.